The third-order valence-electron chi connectivity index (χ3n) is 3.23. The zero-order valence-electron chi connectivity index (χ0n) is 14.5. The van der Waals surface area contributed by atoms with Crippen LogP contribution in [0.4, 0.5) is 9.80 Å². The molecule has 1 aliphatic heterocycles. The van der Waals surface area contributed by atoms with E-state index < -0.39 is 29.5 Å². The number of ether oxygens (including phenoxy) is 1. The van der Waals surface area contributed by atoms with Crippen LogP contribution in [0.25, 0.3) is 0 Å². The van der Waals surface area contributed by atoms with Gasteiger partial charge in [-0.25, -0.2) is 9.59 Å². The van der Waals surface area contributed by atoms with Gasteiger partial charge in [-0.1, -0.05) is 21.7 Å². The predicted molar refractivity (Wildman–Crippen MR) is 92.1 cm³/mol. The molecule has 3 rings (SSSR count). The molecular weight excluding hydrogens is 376 g/mol. The van der Waals surface area contributed by atoms with Crippen LogP contribution in [0.5, 0.6) is 0 Å². The number of nitrogens with zero attached hydrogens (tertiary/aromatic N) is 3. The zero-order valence-corrected chi connectivity index (χ0v) is 15.3. The fourth-order valence-electron chi connectivity index (χ4n) is 2.18. The predicted octanol–water partition coefficient (Wildman–Crippen LogP) is 2.25. The first-order chi connectivity index (χ1) is 12.7. The Bertz CT molecular complexity index is 913. The molecule has 1 aromatic carbocycles. The van der Waals surface area contributed by atoms with Crippen molar-refractivity contribution in [3.63, 3.8) is 0 Å². The van der Waals surface area contributed by atoms with E-state index in [4.69, 9.17) is 9.57 Å². The minimum Gasteiger partial charge on any atom is -0.444 e. The van der Waals surface area contributed by atoms with Crippen molar-refractivity contribution in [2.75, 3.05) is 5.32 Å². The quantitative estimate of drug-likeness (QED) is 0.791. The van der Waals surface area contributed by atoms with E-state index in [9.17, 15) is 19.2 Å². The highest BCUT2D eigenvalue weighted by atomic mass is 32.1. The van der Waals surface area contributed by atoms with Gasteiger partial charge >= 0.3 is 12.1 Å². The molecule has 10 nitrogen and oxygen atoms in total. The molecule has 0 saturated carbocycles. The first-order valence-electron chi connectivity index (χ1n) is 7.70. The Morgan fingerprint density at radius 3 is 2.26 bits per heavy atom. The maximum absolute atomic E-state index is 12.3. The van der Waals surface area contributed by atoms with Gasteiger partial charge in [0.15, 0.2) is 5.00 Å². The van der Waals surface area contributed by atoms with Crippen molar-refractivity contribution >= 4 is 40.4 Å². The molecule has 1 N–H and O–H groups in total. The first kappa shape index (κ1) is 18.5. The molecule has 2 heterocycles. The van der Waals surface area contributed by atoms with Gasteiger partial charge in [-0.3, -0.25) is 14.9 Å². The Kier molecular flexibility index (Phi) is 4.62. The van der Waals surface area contributed by atoms with Crippen molar-refractivity contribution in [1.82, 2.24) is 14.7 Å². The molecule has 0 radical (unpaired) electrons. The van der Waals surface area contributed by atoms with Gasteiger partial charge in [0.05, 0.1) is 11.1 Å². The minimum absolute atomic E-state index is 0.0362. The van der Waals surface area contributed by atoms with Crippen molar-refractivity contribution in [2.24, 2.45) is 0 Å². The number of hydrogen-bond donors (Lipinski definition) is 1. The number of carbonyl (C=O) groups excluding carboxylic acids is 4. The minimum atomic E-state index is -1.12. The number of aromatic nitrogens is 2. The van der Waals surface area contributed by atoms with E-state index in [1.165, 1.54) is 12.1 Å². The maximum Gasteiger partial charge on any atom is 0.412 e. The van der Waals surface area contributed by atoms with E-state index in [0.29, 0.717) is 16.6 Å². The summed E-state index contributed by atoms with van der Waals surface area (Å²) in [4.78, 5) is 53.5. The van der Waals surface area contributed by atoms with Crippen LogP contribution in [0.3, 0.4) is 0 Å². The molecule has 0 spiro atoms. The van der Waals surface area contributed by atoms with E-state index in [1.54, 1.807) is 32.9 Å². The van der Waals surface area contributed by atoms with Crippen LogP contribution in [0, 0.1) is 0 Å². The highest BCUT2D eigenvalue weighted by molar-refractivity contribution is 7.10. The van der Waals surface area contributed by atoms with E-state index in [1.807, 2.05) is 0 Å². The van der Waals surface area contributed by atoms with Gasteiger partial charge in [-0.15, -0.1) is 5.10 Å². The zero-order chi connectivity index (χ0) is 19.8. The molecule has 0 fully saturated rings. The lowest BCUT2D eigenvalue weighted by Gasteiger charge is -2.19. The van der Waals surface area contributed by atoms with Crippen molar-refractivity contribution in [2.45, 2.75) is 26.4 Å². The standard InChI is InChI=1S/C16H14N4O6S/c1-16(2,3)25-15(24)17-11-10(18-19-27-11)14(23)26-20-12(21)8-6-4-5-7-9(8)13(20)22/h4-7H,1-3H3,(H,17,24). The number of hydroxylamine groups is 2. The van der Waals surface area contributed by atoms with Crippen LogP contribution in [0.2, 0.25) is 0 Å². The molecule has 3 amide bonds. The number of rotatable bonds is 3. The molecule has 1 aliphatic rings. The van der Waals surface area contributed by atoms with Crippen molar-refractivity contribution < 1.29 is 28.8 Å². The highest BCUT2D eigenvalue weighted by Gasteiger charge is 2.39. The molecule has 0 atom stereocenters. The normalized spacial score (nSPS) is 13.4. The van der Waals surface area contributed by atoms with Crippen LogP contribution < -0.4 is 5.32 Å². The molecule has 11 heteroatoms. The second kappa shape index (κ2) is 6.76. The van der Waals surface area contributed by atoms with Gasteiger partial charge in [0.25, 0.3) is 11.8 Å². The van der Waals surface area contributed by atoms with Crippen LogP contribution in [0.15, 0.2) is 24.3 Å². The Balaban J connectivity index is 1.73. The van der Waals surface area contributed by atoms with E-state index in [-0.39, 0.29) is 21.8 Å². The lowest BCUT2D eigenvalue weighted by molar-refractivity contribution is -0.0587. The van der Waals surface area contributed by atoms with Crippen LogP contribution in [-0.2, 0) is 9.57 Å². The molecule has 0 aliphatic carbocycles. The SMILES string of the molecule is CC(C)(C)OC(=O)Nc1snnc1C(=O)ON1C(=O)c2ccccc2C1=O. The number of hydrogen-bond acceptors (Lipinski definition) is 9. The van der Waals surface area contributed by atoms with Crippen molar-refractivity contribution in [3.8, 4) is 0 Å². The average molecular weight is 390 g/mol. The second-order valence-electron chi connectivity index (χ2n) is 6.41. The molecule has 1 aromatic heterocycles. The Labute approximate surface area is 157 Å². The Hall–Kier alpha value is -3.34. The second-order valence-corrected chi connectivity index (χ2v) is 7.16. The number of imide groups is 1. The van der Waals surface area contributed by atoms with Gasteiger partial charge in [-0.05, 0) is 32.9 Å². The lowest BCUT2D eigenvalue weighted by Crippen LogP contribution is -2.33. The summed E-state index contributed by atoms with van der Waals surface area (Å²) >= 11 is 0.717. The summed E-state index contributed by atoms with van der Waals surface area (Å²) in [6.07, 6.45) is -0.816. The monoisotopic (exact) mass is 390 g/mol. The molecule has 2 aromatic rings. The number of amides is 3. The lowest BCUT2D eigenvalue weighted by atomic mass is 10.1. The average Bonchev–Trinajstić information content (AvgIpc) is 3.12. The number of nitrogens with one attached hydrogen (secondary N) is 1. The summed E-state index contributed by atoms with van der Waals surface area (Å²) < 4.78 is 8.66. The third kappa shape index (κ3) is 3.77. The topological polar surface area (TPSA) is 128 Å². The van der Waals surface area contributed by atoms with Crippen molar-refractivity contribution in [3.05, 3.63) is 41.1 Å². The fraction of sp³-hybridized carbons (Fsp3) is 0.250. The number of benzene rings is 1. The van der Waals surface area contributed by atoms with Gasteiger partial charge in [-0.2, -0.15) is 0 Å². The molecule has 0 saturated heterocycles. The van der Waals surface area contributed by atoms with Crippen LogP contribution in [-0.4, -0.2) is 44.1 Å². The number of anilines is 1. The molecule has 0 unspecified atom stereocenters. The summed E-state index contributed by atoms with van der Waals surface area (Å²) in [5.41, 5.74) is -0.858. The maximum atomic E-state index is 12.3. The summed E-state index contributed by atoms with van der Waals surface area (Å²) in [5, 5.41) is 6.23. The molecule has 0 bridgehead atoms. The van der Waals surface area contributed by atoms with E-state index in [0.717, 1.165) is 0 Å². The third-order valence-corrected chi connectivity index (χ3v) is 3.87. The molecule has 27 heavy (non-hydrogen) atoms. The van der Waals surface area contributed by atoms with Crippen LogP contribution in [0.1, 0.15) is 52.0 Å². The van der Waals surface area contributed by atoms with Crippen molar-refractivity contribution in [1.29, 1.82) is 0 Å². The fourth-order valence-corrected chi connectivity index (χ4v) is 2.72. The summed E-state index contributed by atoms with van der Waals surface area (Å²) in [5.74, 6) is -2.66. The van der Waals surface area contributed by atoms with Crippen LogP contribution >= 0.6 is 11.5 Å². The summed E-state index contributed by atoms with van der Waals surface area (Å²) in [6, 6.07) is 6.07. The largest absolute Gasteiger partial charge is 0.444 e. The molecule has 140 valence electrons. The van der Waals surface area contributed by atoms with E-state index >= 15 is 0 Å². The van der Waals surface area contributed by atoms with Gasteiger partial charge in [0, 0.05) is 11.5 Å². The summed E-state index contributed by atoms with van der Waals surface area (Å²) in [7, 11) is 0. The van der Waals surface area contributed by atoms with Gasteiger partial charge in [0.2, 0.25) is 5.69 Å². The highest BCUT2D eigenvalue weighted by Crippen LogP contribution is 2.25. The summed E-state index contributed by atoms with van der Waals surface area (Å²) in [6.45, 7) is 5.03. The molecular formula is C16H14N4O6S. The Morgan fingerprint density at radius 2 is 1.70 bits per heavy atom. The van der Waals surface area contributed by atoms with Gasteiger partial charge < -0.3 is 9.57 Å². The van der Waals surface area contributed by atoms with Gasteiger partial charge in [0.1, 0.15) is 5.60 Å². The smallest absolute Gasteiger partial charge is 0.412 e. The Morgan fingerprint density at radius 1 is 1.11 bits per heavy atom. The first-order valence-corrected chi connectivity index (χ1v) is 8.47. The number of fused-ring (bicyclic) bond motifs is 1. The number of carbonyl (C=O) groups is 4. The van der Waals surface area contributed by atoms with E-state index in [2.05, 4.69) is 14.9 Å².